The molecular weight excluding hydrogens is 233 g/mol. The van der Waals surface area contributed by atoms with E-state index in [0.29, 0.717) is 5.02 Å². The van der Waals surface area contributed by atoms with Crippen LogP contribution in [0.5, 0.6) is 0 Å². The van der Waals surface area contributed by atoms with Gasteiger partial charge in [0, 0.05) is 16.1 Å². The van der Waals surface area contributed by atoms with Crippen LogP contribution in [-0.2, 0) is 6.42 Å². The van der Waals surface area contributed by atoms with Gasteiger partial charge in [-0.1, -0.05) is 23.2 Å². The minimum Gasteiger partial charge on any atom is -0.395 e. The molecule has 0 aliphatic carbocycles. The average Bonchev–Trinajstić information content (AvgIpc) is 2.23. The molecule has 4 heteroatoms. The lowest BCUT2D eigenvalue weighted by Crippen LogP contribution is -2.31. The predicted octanol–water partition coefficient (Wildman–Crippen LogP) is 2.51. The third-order valence-electron chi connectivity index (χ3n) is 2.17. The van der Waals surface area contributed by atoms with Crippen LogP contribution in [0.4, 0.5) is 0 Å². The summed E-state index contributed by atoms with van der Waals surface area (Å²) in [6.45, 7) is 2.85. The Hall–Kier alpha value is -0.280. The van der Waals surface area contributed by atoms with E-state index in [1.54, 1.807) is 12.1 Å². The van der Waals surface area contributed by atoms with E-state index in [0.717, 1.165) is 23.6 Å². The van der Waals surface area contributed by atoms with E-state index < -0.39 is 0 Å². The summed E-state index contributed by atoms with van der Waals surface area (Å²) >= 11 is 11.9. The molecule has 1 aromatic rings. The molecule has 2 N–H and O–H groups in total. The van der Waals surface area contributed by atoms with E-state index in [-0.39, 0.29) is 12.6 Å². The van der Waals surface area contributed by atoms with Crippen LogP contribution in [0.25, 0.3) is 0 Å². The third-order valence-corrected chi connectivity index (χ3v) is 2.77. The Bertz CT molecular complexity index is 317. The second-order valence-electron chi connectivity index (χ2n) is 3.52. The Labute approximate surface area is 100 Å². The molecule has 1 rings (SSSR count). The van der Waals surface area contributed by atoms with E-state index in [9.17, 15) is 0 Å². The minimum absolute atomic E-state index is 0.114. The second kappa shape index (κ2) is 6.33. The van der Waals surface area contributed by atoms with Crippen molar-refractivity contribution in [2.45, 2.75) is 19.4 Å². The van der Waals surface area contributed by atoms with Crippen LogP contribution in [0.2, 0.25) is 10.0 Å². The van der Waals surface area contributed by atoms with Gasteiger partial charge in [0.1, 0.15) is 0 Å². The first-order valence-corrected chi connectivity index (χ1v) is 5.67. The summed E-state index contributed by atoms with van der Waals surface area (Å²) in [5.41, 5.74) is 1.03. The number of rotatable bonds is 5. The molecule has 0 amide bonds. The van der Waals surface area contributed by atoms with Crippen molar-refractivity contribution in [3.8, 4) is 0 Å². The van der Waals surface area contributed by atoms with Crippen molar-refractivity contribution < 1.29 is 5.11 Å². The zero-order valence-electron chi connectivity index (χ0n) is 8.63. The summed E-state index contributed by atoms with van der Waals surface area (Å²) in [5, 5.41) is 13.4. The van der Waals surface area contributed by atoms with Gasteiger partial charge in [0.2, 0.25) is 0 Å². The number of nitrogens with one attached hydrogen (secondary N) is 1. The summed E-state index contributed by atoms with van der Waals surface area (Å²) in [6.07, 6.45) is 0.809. The number of hydrogen-bond acceptors (Lipinski definition) is 2. The molecule has 0 radical (unpaired) electrons. The quantitative estimate of drug-likeness (QED) is 0.839. The highest BCUT2D eigenvalue weighted by Gasteiger charge is 2.02. The SMILES string of the molecule is CC(CO)NCCc1cc(Cl)ccc1Cl. The van der Waals surface area contributed by atoms with Gasteiger partial charge in [-0.05, 0) is 43.7 Å². The Morgan fingerprint density at radius 1 is 1.40 bits per heavy atom. The molecule has 0 bridgehead atoms. The summed E-state index contributed by atoms with van der Waals surface area (Å²) in [4.78, 5) is 0. The fourth-order valence-corrected chi connectivity index (χ4v) is 1.66. The van der Waals surface area contributed by atoms with Gasteiger partial charge in [-0.2, -0.15) is 0 Å². The normalized spacial score (nSPS) is 12.8. The number of halogens is 2. The molecule has 0 spiro atoms. The Morgan fingerprint density at radius 3 is 2.80 bits per heavy atom. The fourth-order valence-electron chi connectivity index (χ4n) is 1.25. The van der Waals surface area contributed by atoms with E-state index in [2.05, 4.69) is 5.32 Å². The number of aliphatic hydroxyl groups is 1. The average molecular weight is 248 g/mol. The van der Waals surface area contributed by atoms with Gasteiger partial charge in [-0.25, -0.2) is 0 Å². The number of hydrogen-bond donors (Lipinski definition) is 2. The lowest BCUT2D eigenvalue weighted by molar-refractivity contribution is 0.252. The molecule has 0 aliphatic rings. The molecular formula is C11H15Cl2NO. The molecule has 84 valence electrons. The molecule has 0 aromatic heterocycles. The molecule has 0 fully saturated rings. The molecule has 15 heavy (non-hydrogen) atoms. The molecule has 1 aromatic carbocycles. The highest BCUT2D eigenvalue weighted by molar-refractivity contribution is 6.33. The van der Waals surface area contributed by atoms with Crippen molar-refractivity contribution in [2.24, 2.45) is 0 Å². The van der Waals surface area contributed by atoms with Crippen LogP contribution < -0.4 is 5.32 Å². The maximum absolute atomic E-state index is 8.82. The molecule has 1 atom stereocenters. The zero-order valence-corrected chi connectivity index (χ0v) is 10.1. The van der Waals surface area contributed by atoms with Gasteiger partial charge in [0.15, 0.2) is 0 Å². The van der Waals surface area contributed by atoms with Crippen LogP contribution in [0, 0.1) is 0 Å². The number of aliphatic hydroxyl groups excluding tert-OH is 1. The molecule has 2 nitrogen and oxygen atoms in total. The highest BCUT2D eigenvalue weighted by Crippen LogP contribution is 2.20. The van der Waals surface area contributed by atoms with E-state index in [4.69, 9.17) is 28.3 Å². The summed E-state index contributed by atoms with van der Waals surface area (Å²) in [6, 6.07) is 5.56. The van der Waals surface area contributed by atoms with Gasteiger partial charge >= 0.3 is 0 Å². The lowest BCUT2D eigenvalue weighted by Gasteiger charge is -2.11. The first-order chi connectivity index (χ1) is 7.13. The van der Waals surface area contributed by atoms with Gasteiger partial charge in [0.25, 0.3) is 0 Å². The highest BCUT2D eigenvalue weighted by atomic mass is 35.5. The Morgan fingerprint density at radius 2 is 2.13 bits per heavy atom. The van der Waals surface area contributed by atoms with Crippen molar-refractivity contribution in [2.75, 3.05) is 13.2 Å². The maximum Gasteiger partial charge on any atom is 0.0581 e. The van der Waals surface area contributed by atoms with Crippen molar-refractivity contribution in [3.63, 3.8) is 0 Å². The fraction of sp³-hybridized carbons (Fsp3) is 0.455. The number of benzene rings is 1. The zero-order chi connectivity index (χ0) is 11.3. The van der Waals surface area contributed by atoms with Gasteiger partial charge in [-0.15, -0.1) is 0 Å². The topological polar surface area (TPSA) is 32.3 Å². The van der Waals surface area contributed by atoms with Gasteiger partial charge in [-0.3, -0.25) is 0 Å². The Kier molecular flexibility index (Phi) is 5.40. The first kappa shape index (κ1) is 12.8. The van der Waals surface area contributed by atoms with Crippen LogP contribution in [0.3, 0.4) is 0 Å². The monoisotopic (exact) mass is 247 g/mol. The second-order valence-corrected chi connectivity index (χ2v) is 4.37. The largest absolute Gasteiger partial charge is 0.395 e. The van der Waals surface area contributed by atoms with Gasteiger partial charge < -0.3 is 10.4 Å². The van der Waals surface area contributed by atoms with Crippen molar-refractivity contribution in [1.29, 1.82) is 0 Å². The molecule has 0 saturated heterocycles. The van der Waals surface area contributed by atoms with Crippen LogP contribution >= 0.6 is 23.2 Å². The lowest BCUT2D eigenvalue weighted by atomic mass is 10.1. The van der Waals surface area contributed by atoms with Crippen molar-refractivity contribution >= 4 is 23.2 Å². The van der Waals surface area contributed by atoms with E-state index in [1.807, 2.05) is 13.0 Å². The van der Waals surface area contributed by atoms with Crippen LogP contribution in [0.15, 0.2) is 18.2 Å². The Balaban J connectivity index is 2.46. The van der Waals surface area contributed by atoms with E-state index in [1.165, 1.54) is 0 Å². The molecule has 1 unspecified atom stereocenters. The molecule has 0 saturated carbocycles. The minimum atomic E-state index is 0.114. The standard InChI is InChI=1S/C11H15Cl2NO/c1-8(7-15)14-5-4-9-6-10(12)2-3-11(9)13/h2-3,6,8,14-15H,4-5,7H2,1H3. The van der Waals surface area contributed by atoms with Crippen molar-refractivity contribution in [1.82, 2.24) is 5.32 Å². The van der Waals surface area contributed by atoms with Gasteiger partial charge in [0.05, 0.1) is 6.61 Å². The maximum atomic E-state index is 8.82. The van der Waals surface area contributed by atoms with Crippen molar-refractivity contribution in [3.05, 3.63) is 33.8 Å². The predicted molar refractivity (Wildman–Crippen MR) is 64.7 cm³/mol. The van der Waals surface area contributed by atoms with Crippen LogP contribution in [-0.4, -0.2) is 24.3 Å². The molecule has 0 heterocycles. The smallest absolute Gasteiger partial charge is 0.0581 e. The third kappa shape index (κ3) is 4.39. The summed E-state index contributed by atoms with van der Waals surface area (Å²) in [7, 11) is 0. The van der Waals surface area contributed by atoms with Crippen LogP contribution in [0.1, 0.15) is 12.5 Å². The summed E-state index contributed by atoms with van der Waals surface area (Å²) in [5.74, 6) is 0. The first-order valence-electron chi connectivity index (χ1n) is 4.91. The summed E-state index contributed by atoms with van der Waals surface area (Å²) < 4.78 is 0. The molecule has 0 aliphatic heterocycles. The van der Waals surface area contributed by atoms with E-state index >= 15 is 0 Å².